The van der Waals surface area contributed by atoms with E-state index in [1.165, 1.54) is 11.1 Å². The Labute approximate surface area is 119 Å². The van der Waals surface area contributed by atoms with Gasteiger partial charge in [-0.15, -0.1) is 0 Å². The quantitative estimate of drug-likeness (QED) is 0.750. The average Bonchev–Trinajstić information content (AvgIpc) is 2.35. The van der Waals surface area contributed by atoms with Crippen molar-refractivity contribution in [2.75, 3.05) is 0 Å². The molecule has 0 spiro atoms. The van der Waals surface area contributed by atoms with Crippen LogP contribution in [0.25, 0.3) is 0 Å². The maximum absolute atomic E-state index is 12.9. The van der Waals surface area contributed by atoms with Crippen LogP contribution in [0.4, 0.5) is 0 Å². The minimum absolute atomic E-state index is 0.709. The zero-order valence-electron chi connectivity index (χ0n) is 11.7. The molecule has 0 fully saturated rings. The van der Waals surface area contributed by atoms with E-state index in [0.29, 0.717) is 10.6 Å². The van der Waals surface area contributed by atoms with Gasteiger partial charge in [-0.1, -0.05) is 12.1 Å². The van der Waals surface area contributed by atoms with Crippen LogP contribution in [-0.2, 0) is 4.57 Å². The van der Waals surface area contributed by atoms with Crippen LogP contribution in [0.3, 0.4) is 0 Å². The van der Waals surface area contributed by atoms with Gasteiger partial charge < -0.3 is 0 Å². The molecule has 2 aromatic rings. The second-order valence-electron chi connectivity index (χ2n) is 5.07. The second kappa shape index (κ2) is 5.15. The van der Waals surface area contributed by atoms with E-state index < -0.39 is 6.49 Å². The van der Waals surface area contributed by atoms with Crippen LogP contribution in [0.2, 0.25) is 0 Å². The van der Waals surface area contributed by atoms with Gasteiger partial charge in [-0.05, 0) is 85.5 Å². The molecule has 0 radical (unpaired) electrons. The molecule has 0 heterocycles. The van der Waals surface area contributed by atoms with Crippen LogP contribution < -0.4 is 10.6 Å². The minimum atomic E-state index is -3.02. The van der Waals surface area contributed by atoms with E-state index >= 15 is 0 Å². The molecule has 0 unspecified atom stereocenters. The Balaban J connectivity index is 2.54. The van der Waals surface area contributed by atoms with Gasteiger partial charge in [0.05, 0.1) is 0 Å². The van der Waals surface area contributed by atoms with Crippen molar-refractivity contribution in [1.29, 1.82) is 0 Å². The smallest absolute Gasteiger partial charge is 0.225 e. The highest BCUT2D eigenvalue weighted by Gasteiger charge is 2.24. The lowest BCUT2D eigenvalue weighted by Crippen LogP contribution is -2.13. The zero-order chi connectivity index (χ0) is 14.2. The summed E-state index contributed by atoms with van der Waals surface area (Å²) < 4.78 is 12.9. The normalized spacial score (nSPS) is 11.6. The van der Waals surface area contributed by atoms with Crippen LogP contribution in [0.15, 0.2) is 36.4 Å². The van der Waals surface area contributed by atoms with E-state index in [0.717, 1.165) is 11.1 Å². The van der Waals surface area contributed by atoms with Gasteiger partial charge in [0.25, 0.3) is 0 Å². The molecule has 0 aliphatic heterocycles. The summed E-state index contributed by atoms with van der Waals surface area (Å²) in [6, 6.07) is 11.5. The third-order valence-electron chi connectivity index (χ3n) is 3.65. The fourth-order valence-corrected chi connectivity index (χ4v) is 4.14. The fraction of sp³-hybridized carbons (Fsp3) is 0.250. The van der Waals surface area contributed by atoms with Crippen molar-refractivity contribution in [3.63, 3.8) is 0 Å². The molecule has 2 rings (SSSR count). The number of hydrogen-bond acceptors (Lipinski definition) is 1. The molecule has 1 nitrogen and oxygen atoms in total. The largest absolute Gasteiger partial charge is 0.296 e. The minimum Gasteiger partial charge on any atom is -0.296 e. The lowest BCUT2D eigenvalue weighted by molar-refractivity contribution is 0.595. The molecule has 0 N–H and O–H groups in total. The van der Waals surface area contributed by atoms with Gasteiger partial charge in [0.2, 0.25) is 6.49 Å². The molecular formula is C16H18ClOP. The fourth-order valence-electron chi connectivity index (χ4n) is 1.96. The predicted molar refractivity (Wildman–Crippen MR) is 84.6 cm³/mol. The summed E-state index contributed by atoms with van der Waals surface area (Å²) in [6.45, 7) is 5.07. The SMILES string of the molecule is Cc1ccc(P(=O)(Cl)c2ccc(C)c(C)c2)cc1C. The summed E-state index contributed by atoms with van der Waals surface area (Å²) in [6.07, 6.45) is 0. The van der Waals surface area contributed by atoms with Crippen LogP contribution in [0, 0.1) is 27.7 Å². The highest BCUT2D eigenvalue weighted by atomic mass is 35.7. The number of benzene rings is 2. The Hall–Kier alpha value is -1.04. The first kappa shape index (κ1) is 14.4. The maximum Gasteiger partial charge on any atom is 0.225 e. The summed E-state index contributed by atoms with van der Waals surface area (Å²) in [4.78, 5) is 0. The van der Waals surface area contributed by atoms with Gasteiger partial charge in [0.15, 0.2) is 0 Å². The summed E-state index contributed by atoms with van der Waals surface area (Å²) in [5.74, 6) is 0. The first-order valence-corrected chi connectivity index (χ1v) is 8.89. The third-order valence-corrected chi connectivity index (χ3v) is 6.70. The van der Waals surface area contributed by atoms with Gasteiger partial charge in [-0.2, -0.15) is 0 Å². The molecule has 2 aromatic carbocycles. The van der Waals surface area contributed by atoms with Crippen molar-refractivity contribution >= 4 is 28.3 Å². The Morgan fingerprint density at radius 1 is 0.737 bits per heavy atom. The van der Waals surface area contributed by atoms with Gasteiger partial charge in [-0.3, -0.25) is 4.57 Å². The summed E-state index contributed by atoms with van der Waals surface area (Å²) in [5.41, 5.74) is 4.59. The highest BCUT2D eigenvalue weighted by molar-refractivity contribution is 8.00. The van der Waals surface area contributed by atoms with Crippen molar-refractivity contribution in [2.45, 2.75) is 27.7 Å². The molecule has 100 valence electrons. The molecular weight excluding hydrogens is 275 g/mol. The first-order valence-electron chi connectivity index (χ1n) is 6.27. The Morgan fingerprint density at radius 3 is 1.42 bits per heavy atom. The molecule has 0 aliphatic rings. The third kappa shape index (κ3) is 2.78. The number of hydrogen-bond donors (Lipinski definition) is 0. The van der Waals surface area contributed by atoms with E-state index in [1.54, 1.807) is 0 Å². The molecule has 0 saturated heterocycles. The average molecular weight is 293 g/mol. The van der Waals surface area contributed by atoms with E-state index in [-0.39, 0.29) is 0 Å². The van der Waals surface area contributed by atoms with Crippen molar-refractivity contribution in [3.05, 3.63) is 58.7 Å². The van der Waals surface area contributed by atoms with Crippen molar-refractivity contribution in [2.24, 2.45) is 0 Å². The molecule has 0 bridgehead atoms. The summed E-state index contributed by atoms with van der Waals surface area (Å²) in [5, 5.41) is 1.42. The first-order chi connectivity index (χ1) is 8.82. The molecule has 0 saturated carbocycles. The van der Waals surface area contributed by atoms with Crippen molar-refractivity contribution in [1.82, 2.24) is 0 Å². The molecule has 0 amide bonds. The van der Waals surface area contributed by atoms with Crippen LogP contribution in [0.1, 0.15) is 22.3 Å². The summed E-state index contributed by atoms with van der Waals surface area (Å²) >= 11 is 6.39. The van der Waals surface area contributed by atoms with Crippen molar-refractivity contribution < 1.29 is 4.57 Å². The standard InChI is InChI=1S/C16H18ClOP/c1-11-5-7-15(9-13(11)3)19(17,18)16-8-6-12(2)14(4)10-16/h5-10H,1-4H3. The lowest BCUT2D eigenvalue weighted by Gasteiger charge is -2.14. The lowest BCUT2D eigenvalue weighted by atomic mass is 10.1. The maximum atomic E-state index is 12.9. The number of rotatable bonds is 2. The van der Waals surface area contributed by atoms with Gasteiger partial charge in [0, 0.05) is 10.6 Å². The number of halogens is 1. The number of aryl methyl sites for hydroxylation is 4. The van der Waals surface area contributed by atoms with Crippen molar-refractivity contribution in [3.8, 4) is 0 Å². The second-order valence-corrected chi connectivity index (χ2v) is 8.60. The van der Waals surface area contributed by atoms with E-state index in [4.69, 9.17) is 11.2 Å². The molecule has 0 aromatic heterocycles. The summed E-state index contributed by atoms with van der Waals surface area (Å²) in [7, 11) is 0. The zero-order valence-corrected chi connectivity index (χ0v) is 13.3. The van der Waals surface area contributed by atoms with E-state index in [1.807, 2.05) is 64.1 Å². The Kier molecular flexibility index (Phi) is 3.90. The monoisotopic (exact) mass is 292 g/mol. The topological polar surface area (TPSA) is 17.1 Å². The van der Waals surface area contributed by atoms with Crippen LogP contribution in [-0.4, -0.2) is 0 Å². The molecule has 0 atom stereocenters. The highest BCUT2D eigenvalue weighted by Crippen LogP contribution is 2.49. The van der Waals surface area contributed by atoms with Gasteiger partial charge in [-0.25, -0.2) is 0 Å². The van der Waals surface area contributed by atoms with Crippen LogP contribution in [0.5, 0.6) is 0 Å². The Morgan fingerprint density at radius 2 is 1.11 bits per heavy atom. The predicted octanol–water partition coefficient (Wildman–Crippen LogP) is 4.39. The van der Waals surface area contributed by atoms with Gasteiger partial charge >= 0.3 is 0 Å². The molecule has 19 heavy (non-hydrogen) atoms. The Bertz CT molecular complexity index is 621. The van der Waals surface area contributed by atoms with Gasteiger partial charge in [0.1, 0.15) is 0 Å². The van der Waals surface area contributed by atoms with E-state index in [9.17, 15) is 4.57 Å². The molecule has 0 aliphatic carbocycles. The molecule has 3 heteroatoms. The van der Waals surface area contributed by atoms with E-state index in [2.05, 4.69) is 0 Å². The van der Waals surface area contributed by atoms with Crippen LogP contribution >= 0.6 is 17.7 Å².